The van der Waals surface area contributed by atoms with E-state index < -0.39 is 17.3 Å². The van der Waals surface area contributed by atoms with Crippen molar-refractivity contribution in [3.63, 3.8) is 0 Å². The lowest BCUT2D eigenvalue weighted by Gasteiger charge is -2.25. The number of esters is 1. The summed E-state index contributed by atoms with van der Waals surface area (Å²) in [7, 11) is 0. The van der Waals surface area contributed by atoms with Crippen LogP contribution in [0.2, 0.25) is 0 Å². The largest absolute Gasteiger partial charge is 0.452 e. The Morgan fingerprint density at radius 3 is 2.52 bits per heavy atom. The van der Waals surface area contributed by atoms with E-state index in [1.807, 2.05) is 68.4 Å². The number of carbonyl (C=O) groups is 3. The van der Waals surface area contributed by atoms with Crippen molar-refractivity contribution in [1.82, 2.24) is 5.32 Å². The average molecular weight is 413 g/mol. The highest BCUT2D eigenvalue weighted by atomic mass is 32.2. The monoisotopic (exact) mass is 412 g/mol. The molecule has 0 aromatic heterocycles. The number of thioether (sulfide) groups is 1. The first-order valence-electron chi connectivity index (χ1n) is 9.51. The minimum absolute atomic E-state index is 0.0972. The molecule has 0 unspecified atom stereocenters. The number of ether oxygens (including phenoxy) is 1. The number of anilines is 1. The van der Waals surface area contributed by atoms with Crippen molar-refractivity contribution in [2.45, 2.75) is 43.1 Å². The lowest BCUT2D eigenvalue weighted by molar-refractivity contribution is -0.159. The number of nitrogens with one attached hydrogen (secondary N) is 2. The third kappa shape index (κ3) is 5.60. The first-order valence-corrected chi connectivity index (χ1v) is 10.4. The van der Waals surface area contributed by atoms with E-state index in [1.54, 1.807) is 0 Å². The maximum atomic E-state index is 12.5. The van der Waals surface area contributed by atoms with E-state index in [9.17, 15) is 14.4 Å². The molecule has 1 aliphatic heterocycles. The van der Waals surface area contributed by atoms with Gasteiger partial charge in [0.2, 0.25) is 5.91 Å². The van der Waals surface area contributed by atoms with Crippen LogP contribution in [0.25, 0.3) is 0 Å². The lowest BCUT2D eigenvalue weighted by Crippen LogP contribution is -2.41. The summed E-state index contributed by atoms with van der Waals surface area (Å²) >= 11 is 1.33. The van der Waals surface area contributed by atoms with Crippen LogP contribution in [-0.4, -0.2) is 29.1 Å². The van der Waals surface area contributed by atoms with Crippen molar-refractivity contribution in [2.24, 2.45) is 5.92 Å². The van der Waals surface area contributed by atoms with E-state index in [0.717, 1.165) is 16.1 Å². The van der Waals surface area contributed by atoms with Crippen LogP contribution in [0.5, 0.6) is 0 Å². The van der Waals surface area contributed by atoms with Gasteiger partial charge in [-0.25, -0.2) is 0 Å². The molecule has 0 saturated heterocycles. The quantitative estimate of drug-likeness (QED) is 0.681. The van der Waals surface area contributed by atoms with E-state index in [0.29, 0.717) is 6.54 Å². The van der Waals surface area contributed by atoms with Gasteiger partial charge in [-0.2, -0.15) is 0 Å². The molecule has 2 aromatic carbocycles. The molecule has 0 spiro atoms. The Kier molecular flexibility index (Phi) is 6.93. The van der Waals surface area contributed by atoms with Crippen LogP contribution in [0.3, 0.4) is 0 Å². The summed E-state index contributed by atoms with van der Waals surface area (Å²) in [5, 5.41) is 5.03. The number of hydrogen-bond donors (Lipinski definition) is 2. The Morgan fingerprint density at radius 2 is 1.79 bits per heavy atom. The second-order valence-electron chi connectivity index (χ2n) is 7.15. The molecule has 2 aromatic rings. The van der Waals surface area contributed by atoms with Crippen LogP contribution >= 0.6 is 11.8 Å². The molecule has 0 bridgehead atoms. The maximum absolute atomic E-state index is 12.5. The minimum atomic E-state index is -0.907. The van der Waals surface area contributed by atoms with Gasteiger partial charge in [-0.3, -0.25) is 14.4 Å². The Hall–Kier alpha value is -2.80. The van der Waals surface area contributed by atoms with Gasteiger partial charge in [-0.15, -0.1) is 11.8 Å². The summed E-state index contributed by atoms with van der Waals surface area (Å²) in [5.41, 5.74) is 1.70. The first kappa shape index (κ1) is 20.9. The summed E-state index contributed by atoms with van der Waals surface area (Å²) in [6, 6.07) is 17.0. The molecule has 2 amide bonds. The van der Waals surface area contributed by atoms with Crippen LogP contribution in [0.1, 0.15) is 25.8 Å². The molecule has 6 nitrogen and oxygen atoms in total. The zero-order valence-corrected chi connectivity index (χ0v) is 17.2. The van der Waals surface area contributed by atoms with Crippen molar-refractivity contribution >= 4 is 35.2 Å². The smallest absolute Gasteiger partial charge is 0.308 e. The molecular formula is C22H24N2O4S. The number of fused-ring (bicyclic) bond motifs is 1. The summed E-state index contributed by atoms with van der Waals surface area (Å²) in [4.78, 5) is 38.2. The van der Waals surface area contributed by atoms with Crippen LogP contribution in [0.15, 0.2) is 59.5 Å². The Bertz CT molecular complexity index is 885. The van der Waals surface area contributed by atoms with Gasteiger partial charge in [0, 0.05) is 11.4 Å². The molecule has 0 saturated carbocycles. The van der Waals surface area contributed by atoms with E-state index in [2.05, 4.69) is 10.6 Å². The predicted molar refractivity (Wildman–Crippen MR) is 112 cm³/mol. The van der Waals surface area contributed by atoms with Gasteiger partial charge in [0.25, 0.3) is 5.91 Å². The molecule has 3 rings (SSSR count). The third-order valence-electron chi connectivity index (χ3n) is 4.49. The molecule has 0 fully saturated rings. The van der Waals surface area contributed by atoms with Crippen molar-refractivity contribution in [1.29, 1.82) is 0 Å². The molecule has 1 heterocycles. The van der Waals surface area contributed by atoms with E-state index in [1.165, 1.54) is 11.8 Å². The molecule has 152 valence electrons. The highest BCUT2D eigenvalue weighted by Gasteiger charge is 2.32. The predicted octanol–water partition coefficient (Wildman–Crippen LogP) is 3.37. The standard InChI is InChI=1S/C22H24N2O4S/c1-14(2)20(22(27)23-13-15-8-4-3-5-9-15)28-19(25)12-18-21(26)24-16-10-6-7-11-17(16)29-18/h3-11,14,18,20H,12-13H2,1-2H3,(H,23,27)(H,24,26)/t18-,20+/m0/s1. The third-order valence-corrected chi connectivity index (χ3v) is 5.77. The fourth-order valence-corrected chi connectivity index (χ4v) is 4.04. The number of para-hydroxylation sites is 1. The summed E-state index contributed by atoms with van der Waals surface area (Å²) in [5.74, 6) is -1.34. The van der Waals surface area contributed by atoms with Gasteiger partial charge in [0.15, 0.2) is 6.10 Å². The summed E-state index contributed by atoms with van der Waals surface area (Å²) in [6.45, 7) is 3.99. The number of rotatable bonds is 7. The second kappa shape index (κ2) is 9.60. The fourth-order valence-electron chi connectivity index (χ4n) is 2.95. The van der Waals surface area contributed by atoms with E-state index >= 15 is 0 Å². The van der Waals surface area contributed by atoms with Gasteiger partial charge in [0.05, 0.1) is 17.4 Å². The number of benzene rings is 2. The van der Waals surface area contributed by atoms with Crippen LogP contribution < -0.4 is 10.6 Å². The zero-order valence-electron chi connectivity index (χ0n) is 16.4. The number of amides is 2. The highest BCUT2D eigenvalue weighted by Crippen LogP contribution is 2.36. The van der Waals surface area contributed by atoms with E-state index in [-0.39, 0.29) is 24.2 Å². The molecular weight excluding hydrogens is 388 g/mol. The Balaban J connectivity index is 1.57. The van der Waals surface area contributed by atoms with Crippen molar-refractivity contribution in [3.05, 3.63) is 60.2 Å². The first-order chi connectivity index (χ1) is 13.9. The molecule has 2 N–H and O–H groups in total. The lowest BCUT2D eigenvalue weighted by atomic mass is 10.1. The van der Waals surface area contributed by atoms with Gasteiger partial charge >= 0.3 is 5.97 Å². The maximum Gasteiger partial charge on any atom is 0.308 e. The van der Waals surface area contributed by atoms with Crippen LogP contribution in [-0.2, 0) is 25.7 Å². The zero-order chi connectivity index (χ0) is 20.8. The van der Waals surface area contributed by atoms with Crippen molar-refractivity contribution in [2.75, 3.05) is 5.32 Å². The number of hydrogen-bond acceptors (Lipinski definition) is 5. The van der Waals surface area contributed by atoms with Gasteiger partial charge in [-0.05, 0) is 23.6 Å². The van der Waals surface area contributed by atoms with Crippen molar-refractivity contribution in [3.8, 4) is 0 Å². The summed E-state index contributed by atoms with van der Waals surface area (Å²) in [6.07, 6.45) is -1.00. The van der Waals surface area contributed by atoms with Crippen LogP contribution in [0.4, 0.5) is 5.69 Å². The normalized spacial score (nSPS) is 16.5. The highest BCUT2D eigenvalue weighted by molar-refractivity contribution is 8.01. The van der Waals surface area contributed by atoms with Crippen LogP contribution in [0, 0.1) is 5.92 Å². The Morgan fingerprint density at radius 1 is 1.10 bits per heavy atom. The van der Waals surface area contributed by atoms with Gasteiger partial charge in [-0.1, -0.05) is 56.3 Å². The van der Waals surface area contributed by atoms with E-state index in [4.69, 9.17) is 4.74 Å². The second-order valence-corrected chi connectivity index (χ2v) is 8.40. The number of carbonyl (C=O) groups excluding carboxylic acids is 3. The molecule has 1 aliphatic rings. The molecule has 2 atom stereocenters. The average Bonchev–Trinajstić information content (AvgIpc) is 2.71. The Labute approximate surface area is 174 Å². The van der Waals surface area contributed by atoms with Crippen molar-refractivity contribution < 1.29 is 19.1 Å². The molecule has 7 heteroatoms. The molecule has 0 radical (unpaired) electrons. The molecule has 0 aliphatic carbocycles. The topological polar surface area (TPSA) is 84.5 Å². The fraction of sp³-hybridized carbons (Fsp3) is 0.318. The SMILES string of the molecule is CC(C)[C@@H](OC(=O)C[C@@H]1Sc2ccccc2NC1=O)C(=O)NCc1ccccc1. The minimum Gasteiger partial charge on any atom is -0.452 e. The van der Waals surface area contributed by atoms with Gasteiger partial charge in [0.1, 0.15) is 0 Å². The summed E-state index contributed by atoms with van der Waals surface area (Å²) < 4.78 is 5.46. The van der Waals surface area contributed by atoms with Gasteiger partial charge < -0.3 is 15.4 Å². The molecule has 29 heavy (non-hydrogen) atoms.